The fraction of sp³-hybridized carbons (Fsp3) is 0.500. The van der Waals surface area contributed by atoms with E-state index in [1.807, 2.05) is 19.0 Å². The van der Waals surface area contributed by atoms with E-state index < -0.39 is 0 Å². The first-order valence-electron chi connectivity index (χ1n) is 9.03. The molecule has 27 heavy (non-hydrogen) atoms. The van der Waals surface area contributed by atoms with Crippen molar-refractivity contribution in [1.82, 2.24) is 25.3 Å². The number of nitrogens with zero attached hydrogens (tertiary/aromatic N) is 6. The number of hydrogen-bond donors (Lipinski definition) is 1. The van der Waals surface area contributed by atoms with Gasteiger partial charge in [-0.2, -0.15) is 15.0 Å². The minimum atomic E-state index is -0.286. The summed E-state index contributed by atoms with van der Waals surface area (Å²) in [6.07, 6.45) is 5.08. The van der Waals surface area contributed by atoms with Gasteiger partial charge in [0, 0.05) is 33.4 Å². The molecule has 1 amide bonds. The second kappa shape index (κ2) is 8.61. The van der Waals surface area contributed by atoms with Gasteiger partial charge >= 0.3 is 0 Å². The lowest BCUT2D eigenvalue weighted by Gasteiger charge is -2.27. The number of carbonyl (C=O) groups is 1. The smallest absolute Gasteiger partial charge is 0.257 e. The molecule has 9 nitrogen and oxygen atoms in total. The quantitative estimate of drug-likeness (QED) is 0.811. The van der Waals surface area contributed by atoms with Crippen LogP contribution in [0.1, 0.15) is 35.4 Å². The van der Waals surface area contributed by atoms with Crippen molar-refractivity contribution in [2.24, 2.45) is 0 Å². The number of methoxy groups -OCH3 is 1. The first-order valence-corrected chi connectivity index (χ1v) is 9.03. The molecule has 144 valence electrons. The fourth-order valence-electron chi connectivity index (χ4n) is 2.89. The van der Waals surface area contributed by atoms with Gasteiger partial charge in [0.2, 0.25) is 17.8 Å². The molecule has 9 heteroatoms. The zero-order chi connectivity index (χ0) is 19.2. The van der Waals surface area contributed by atoms with Gasteiger partial charge in [0.15, 0.2) is 5.82 Å². The predicted molar refractivity (Wildman–Crippen MR) is 102 cm³/mol. The van der Waals surface area contributed by atoms with Crippen molar-refractivity contribution in [3.05, 3.63) is 29.7 Å². The Kier molecular flexibility index (Phi) is 6.00. The molecule has 0 saturated carbocycles. The van der Waals surface area contributed by atoms with Gasteiger partial charge in [0.05, 0.1) is 13.7 Å². The molecule has 0 atom stereocenters. The number of pyridine rings is 1. The van der Waals surface area contributed by atoms with E-state index in [1.165, 1.54) is 13.5 Å². The molecule has 1 saturated heterocycles. The van der Waals surface area contributed by atoms with Crippen LogP contribution in [0.5, 0.6) is 5.88 Å². The summed E-state index contributed by atoms with van der Waals surface area (Å²) in [5, 5.41) is 2.84. The first-order chi connectivity index (χ1) is 13.1. The maximum absolute atomic E-state index is 12.5. The number of rotatable bonds is 6. The van der Waals surface area contributed by atoms with Crippen LogP contribution in [0.4, 0.5) is 11.9 Å². The van der Waals surface area contributed by atoms with Crippen LogP contribution >= 0.6 is 0 Å². The molecule has 2 aromatic rings. The van der Waals surface area contributed by atoms with Gasteiger partial charge in [-0.25, -0.2) is 4.98 Å². The first kappa shape index (κ1) is 18.8. The lowest BCUT2D eigenvalue weighted by Crippen LogP contribution is -2.33. The molecule has 0 bridgehead atoms. The summed E-state index contributed by atoms with van der Waals surface area (Å²) >= 11 is 0. The Balaban J connectivity index is 1.77. The van der Waals surface area contributed by atoms with Crippen LogP contribution in [0.15, 0.2) is 18.3 Å². The number of piperidine rings is 1. The largest absolute Gasteiger partial charge is 0.480 e. The van der Waals surface area contributed by atoms with E-state index in [-0.39, 0.29) is 18.3 Å². The van der Waals surface area contributed by atoms with E-state index in [1.54, 1.807) is 18.3 Å². The number of ether oxygens (including phenoxy) is 1. The van der Waals surface area contributed by atoms with Crippen LogP contribution < -0.4 is 19.9 Å². The van der Waals surface area contributed by atoms with Gasteiger partial charge in [0.25, 0.3) is 5.91 Å². The monoisotopic (exact) mass is 371 g/mol. The zero-order valence-corrected chi connectivity index (χ0v) is 16.0. The number of nitrogens with one attached hydrogen (secondary N) is 1. The highest BCUT2D eigenvalue weighted by atomic mass is 16.5. The van der Waals surface area contributed by atoms with Gasteiger partial charge in [-0.15, -0.1) is 0 Å². The SMILES string of the molecule is COc1ncccc1C(=O)NCc1nc(N(C)C)nc(N2CCCCC2)n1. The topological polar surface area (TPSA) is 96.4 Å². The van der Waals surface area contributed by atoms with E-state index in [9.17, 15) is 4.79 Å². The minimum Gasteiger partial charge on any atom is -0.480 e. The molecule has 0 aliphatic carbocycles. The van der Waals surface area contributed by atoms with Gasteiger partial charge in [0.1, 0.15) is 5.56 Å². The molecular formula is C18H25N7O2. The van der Waals surface area contributed by atoms with Crippen molar-refractivity contribution < 1.29 is 9.53 Å². The summed E-state index contributed by atoms with van der Waals surface area (Å²) < 4.78 is 5.14. The second-order valence-electron chi connectivity index (χ2n) is 6.54. The molecule has 0 aromatic carbocycles. The highest BCUT2D eigenvalue weighted by molar-refractivity contribution is 5.96. The average Bonchev–Trinajstić information content (AvgIpc) is 2.72. The Morgan fingerprint density at radius 2 is 2.00 bits per heavy atom. The van der Waals surface area contributed by atoms with Crippen molar-refractivity contribution in [2.45, 2.75) is 25.8 Å². The molecule has 1 fully saturated rings. The van der Waals surface area contributed by atoms with E-state index in [4.69, 9.17) is 4.74 Å². The van der Waals surface area contributed by atoms with Crippen LogP contribution in [0, 0.1) is 0 Å². The van der Waals surface area contributed by atoms with Crippen LogP contribution in [0.3, 0.4) is 0 Å². The normalized spacial score (nSPS) is 14.0. The summed E-state index contributed by atoms with van der Waals surface area (Å²) in [7, 11) is 5.26. The van der Waals surface area contributed by atoms with E-state index in [0.717, 1.165) is 25.9 Å². The summed E-state index contributed by atoms with van der Waals surface area (Å²) in [6, 6.07) is 3.36. The third kappa shape index (κ3) is 4.60. The molecule has 1 aliphatic heterocycles. The summed E-state index contributed by atoms with van der Waals surface area (Å²) in [6.45, 7) is 2.08. The number of hydrogen-bond acceptors (Lipinski definition) is 8. The number of carbonyl (C=O) groups excluding carboxylic acids is 1. The Bertz CT molecular complexity index is 791. The van der Waals surface area contributed by atoms with Crippen LogP contribution in [0.25, 0.3) is 0 Å². The van der Waals surface area contributed by atoms with Crippen molar-refractivity contribution in [3.63, 3.8) is 0 Å². The molecule has 3 rings (SSSR count). The highest BCUT2D eigenvalue weighted by Gasteiger charge is 2.18. The summed E-state index contributed by atoms with van der Waals surface area (Å²) in [5.41, 5.74) is 0.373. The van der Waals surface area contributed by atoms with Crippen LogP contribution in [-0.4, -0.2) is 60.1 Å². The lowest BCUT2D eigenvalue weighted by atomic mass is 10.1. The van der Waals surface area contributed by atoms with Crippen LogP contribution in [0.2, 0.25) is 0 Å². The summed E-state index contributed by atoms with van der Waals surface area (Å²) in [4.78, 5) is 34.1. The van der Waals surface area contributed by atoms with Crippen molar-refractivity contribution in [1.29, 1.82) is 0 Å². The maximum atomic E-state index is 12.5. The maximum Gasteiger partial charge on any atom is 0.257 e. The lowest BCUT2D eigenvalue weighted by molar-refractivity contribution is 0.0946. The molecule has 3 heterocycles. The molecule has 2 aromatic heterocycles. The van der Waals surface area contributed by atoms with E-state index in [0.29, 0.717) is 23.3 Å². The Hall–Kier alpha value is -2.97. The van der Waals surface area contributed by atoms with Crippen LogP contribution in [-0.2, 0) is 6.54 Å². The minimum absolute atomic E-state index is 0.196. The third-order valence-corrected chi connectivity index (χ3v) is 4.31. The highest BCUT2D eigenvalue weighted by Crippen LogP contribution is 2.18. The van der Waals surface area contributed by atoms with Crippen molar-refractivity contribution >= 4 is 17.8 Å². The van der Waals surface area contributed by atoms with Crippen molar-refractivity contribution in [2.75, 3.05) is 44.1 Å². The van der Waals surface area contributed by atoms with Gasteiger partial charge in [-0.3, -0.25) is 4.79 Å². The number of anilines is 2. The second-order valence-corrected chi connectivity index (χ2v) is 6.54. The van der Waals surface area contributed by atoms with E-state index >= 15 is 0 Å². The molecule has 0 radical (unpaired) electrons. The zero-order valence-electron chi connectivity index (χ0n) is 16.0. The Labute approximate surface area is 158 Å². The Morgan fingerprint density at radius 1 is 1.22 bits per heavy atom. The standard InChI is InChI=1S/C18H25N7O2/c1-24(2)17-21-14(22-18(23-17)25-10-5-4-6-11-25)12-20-15(26)13-8-7-9-19-16(13)27-3/h7-9H,4-6,10-12H2,1-3H3,(H,20,26). The van der Waals surface area contributed by atoms with Gasteiger partial charge < -0.3 is 19.9 Å². The number of aromatic nitrogens is 4. The van der Waals surface area contributed by atoms with Gasteiger partial charge in [-0.05, 0) is 31.4 Å². The predicted octanol–water partition coefficient (Wildman–Crippen LogP) is 1.26. The van der Waals surface area contributed by atoms with Crippen molar-refractivity contribution in [3.8, 4) is 5.88 Å². The molecule has 0 unspecified atom stereocenters. The van der Waals surface area contributed by atoms with Gasteiger partial charge in [-0.1, -0.05) is 0 Å². The molecule has 1 N–H and O–H groups in total. The molecule has 0 spiro atoms. The summed E-state index contributed by atoms with van der Waals surface area (Å²) in [5.74, 6) is 1.76. The number of amides is 1. The molecular weight excluding hydrogens is 346 g/mol. The fourth-order valence-corrected chi connectivity index (χ4v) is 2.89. The van der Waals surface area contributed by atoms with E-state index in [2.05, 4.69) is 30.2 Å². The third-order valence-electron chi connectivity index (χ3n) is 4.31. The molecule has 1 aliphatic rings. The Morgan fingerprint density at radius 3 is 2.70 bits per heavy atom. The average molecular weight is 371 g/mol.